The third-order valence-electron chi connectivity index (χ3n) is 4.26. The molecule has 2 aromatic rings. The first-order valence-electron chi connectivity index (χ1n) is 8.70. The zero-order chi connectivity index (χ0) is 19.4. The van der Waals surface area contributed by atoms with Crippen LogP contribution in [0.3, 0.4) is 0 Å². The van der Waals surface area contributed by atoms with Crippen molar-refractivity contribution in [1.82, 2.24) is 0 Å². The zero-order valence-electron chi connectivity index (χ0n) is 14.8. The fourth-order valence-electron chi connectivity index (χ4n) is 2.76. The van der Waals surface area contributed by atoms with E-state index in [9.17, 15) is 9.59 Å². The molecule has 1 saturated heterocycles. The van der Waals surface area contributed by atoms with Gasteiger partial charge in [0.05, 0.1) is 16.2 Å². The lowest BCUT2D eigenvalue weighted by Gasteiger charge is -2.15. The molecule has 1 aliphatic rings. The molecule has 2 aromatic carbocycles. The highest BCUT2D eigenvalue weighted by atomic mass is 32.2. The molecule has 1 heterocycles. The molecule has 138 valence electrons. The standard InChI is InChI=1S/C21H19NO3S2/c1-2-3-4-14-7-11-17(12-8-14)22-19(23)18(27-21(22)26)13-15-5-9-16(10-6-15)20(24)25/h5-13H,2-4H2,1H3,(H,24,25)/b18-13-. The number of aromatic carboxylic acids is 1. The van der Waals surface area contributed by atoms with E-state index in [0.717, 1.165) is 30.5 Å². The van der Waals surface area contributed by atoms with Gasteiger partial charge >= 0.3 is 5.97 Å². The monoisotopic (exact) mass is 397 g/mol. The quantitative estimate of drug-likeness (QED) is 0.541. The van der Waals surface area contributed by atoms with E-state index in [4.69, 9.17) is 17.3 Å². The highest BCUT2D eigenvalue weighted by Crippen LogP contribution is 2.36. The molecule has 1 N–H and O–H groups in total. The number of carboxylic acid groups (broad SMARTS) is 1. The van der Waals surface area contributed by atoms with E-state index in [-0.39, 0.29) is 11.5 Å². The predicted octanol–water partition coefficient (Wildman–Crippen LogP) is 5.13. The number of thiocarbonyl (C=S) groups is 1. The van der Waals surface area contributed by atoms with E-state index in [1.54, 1.807) is 23.1 Å². The number of thioether (sulfide) groups is 1. The van der Waals surface area contributed by atoms with Gasteiger partial charge in [0.1, 0.15) is 0 Å². The summed E-state index contributed by atoms with van der Waals surface area (Å²) in [5, 5.41) is 8.97. The highest BCUT2D eigenvalue weighted by molar-refractivity contribution is 8.27. The van der Waals surface area contributed by atoms with Crippen LogP contribution in [-0.2, 0) is 11.2 Å². The Balaban J connectivity index is 1.79. The number of nitrogens with zero attached hydrogens (tertiary/aromatic N) is 1. The Morgan fingerprint density at radius 3 is 2.41 bits per heavy atom. The molecule has 0 saturated carbocycles. The SMILES string of the molecule is CCCCc1ccc(N2C(=O)/C(=C/c3ccc(C(=O)O)cc3)SC2=S)cc1. The van der Waals surface area contributed by atoms with Crippen LogP contribution in [0, 0.1) is 0 Å². The zero-order valence-corrected chi connectivity index (χ0v) is 16.5. The molecule has 3 rings (SSSR count). The lowest BCUT2D eigenvalue weighted by molar-refractivity contribution is -0.113. The Morgan fingerprint density at radius 2 is 1.81 bits per heavy atom. The predicted molar refractivity (Wildman–Crippen MR) is 114 cm³/mol. The van der Waals surface area contributed by atoms with Crippen LogP contribution in [0.15, 0.2) is 53.4 Å². The third-order valence-corrected chi connectivity index (χ3v) is 5.56. The molecule has 6 heteroatoms. The van der Waals surface area contributed by atoms with Crippen molar-refractivity contribution >= 4 is 51.9 Å². The van der Waals surface area contributed by atoms with Gasteiger partial charge < -0.3 is 5.11 Å². The number of anilines is 1. The van der Waals surface area contributed by atoms with Gasteiger partial charge in [-0.3, -0.25) is 9.69 Å². The second-order valence-electron chi connectivity index (χ2n) is 6.21. The van der Waals surface area contributed by atoms with Crippen molar-refractivity contribution in [3.05, 3.63) is 70.1 Å². The molecule has 0 radical (unpaired) electrons. The molecule has 0 aromatic heterocycles. The minimum atomic E-state index is -0.977. The largest absolute Gasteiger partial charge is 0.478 e. The number of carboxylic acids is 1. The first kappa shape index (κ1) is 19.3. The Hall–Kier alpha value is -2.44. The van der Waals surface area contributed by atoms with Crippen LogP contribution < -0.4 is 4.90 Å². The van der Waals surface area contributed by atoms with E-state index in [2.05, 4.69) is 6.92 Å². The average Bonchev–Trinajstić information content (AvgIpc) is 2.94. The summed E-state index contributed by atoms with van der Waals surface area (Å²) in [7, 11) is 0. The van der Waals surface area contributed by atoms with Crippen LogP contribution in [0.25, 0.3) is 6.08 Å². The molecule has 0 aliphatic carbocycles. The number of unbranched alkanes of at least 4 members (excludes halogenated alkanes) is 1. The lowest BCUT2D eigenvalue weighted by atomic mass is 10.1. The number of rotatable bonds is 6. The molecule has 0 atom stereocenters. The summed E-state index contributed by atoms with van der Waals surface area (Å²) in [6.45, 7) is 2.16. The molecule has 4 nitrogen and oxygen atoms in total. The second-order valence-corrected chi connectivity index (χ2v) is 7.89. The molecule has 1 fully saturated rings. The van der Waals surface area contributed by atoms with Gasteiger partial charge in [-0.25, -0.2) is 4.79 Å². The van der Waals surface area contributed by atoms with Gasteiger partial charge in [0, 0.05) is 0 Å². The van der Waals surface area contributed by atoms with Crippen LogP contribution in [0.2, 0.25) is 0 Å². The van der Waals surface area contributed by atoms with Crippen LogP contribution in [0.1, 0.15) is 41.3 Å². The van der Waals surface area contributed by atoms with Crippen molar-refractivity contribution < 1.29 is 14.7 Å². The van der Waals surface area contributed by atoms with Gasteiger partial charge in [0.2, 0.25) is 0 Å². The molecule has 0 unspecified atom stereocenters. The second kappa shape index (κ2) is 8.50. The van der Waals surface area contributed by atoms with Crippen LogP contribution in [0.4, 0.5) is 5.69 Å². The number of aryl methyl sites for hydroxylation is 1. The van der Waals surface area contributed by atoms with Gasteiger partial charge in [0.25, 0.3) is 5.91 Å². The average molecular weight is 398 g/mol. The Kier molecular flexibility index (Phi) is 6.08. The van der Waals surface area contributed by atoms with E-state index < -0.39 is 5.97 Å². The summed E-state index contributed by atoms with van der Waals surface area (Å²) in [6, 6.07) is 14.3. The topological polar surface area (TPSA) is 57.6 Å². The van der Waals surface area contributed by atoms with Crippen molar-refractivity contribution in [2.75, 3.05) is 4.90 Å². The van der Waals surface area contributed by atoms with Crippen molar-refractivity contribution in [3.63, 3.8) is 0 Å². The van der Waals surface area contributed by atoms with Gasteiger partial charge in [0.15, 0.2) is 4.32 Å². The molecule has 1 aliphatic heterocycles. The molecule has 27 heavy (non-hydrogen) atoms. The van der Waals surface area contributed by atoms with Crippen LogP contribution in [0.5, 0.6) is 0 Å². The minimum absolute atomic E-state index is 0.159. The van der Waals surface area contributed by atoms with Crippen molar-refractivity contribution in [1.29, 1.82) is 0 Å². The highest BCUT2D eigenvalue weighted by Gasteiger charge is 2.33. The van der Waals surface area contributed by atoms with E-state index in [1.807, 2.05) is 24.3 Å². The lowest BCUT2D eigenvalue weighted by Crippen LogP contribution is -2.27. The molecule has 0 bridgehead atoms. The van der Waals surface area contributed by atoms with Crippen LogP contribution >= 0.6 is 24.0 Å². The first-order valence-corrected chi connectivity index (χ1v) is 9.92. The normalized spacial score (nSPS) is 15.6. The smallest absolute Gasteiger partial charge is 0.335 e. The maximum absolute atomic E-state index is 12.8. The fourth-order valence-corrected chi connectivity index (χ4v) is 4.06. The number of hydrogen-bond acceptors (Lipinski definition) is 4. The van der Waals surface area contributed by atoms with E-state index in [1.165, 1.54) is 29.5 Å². The Labute approximate surface area is 167 Å². The third kappa shape index (κ3) is 4.46. The maximum Gasteiger partial charge on any atom is 0.335 e. The Bertz CT molecular complexity index is 902. The summed E-state index contributed by atoms with van der Waals surface area (Å²) >= 11 is 6.65. The summed E-state index contributed by atoms with van der Waals surface area (Å²) in [5.41, 5.74) is 2.99. The number of amides is 1. The number of hydrogen-bond donors (Lipinski definition) is 1. The Morgan fingerprint density at radius 1 is 1.15 bits per heavy atom. The number of benzene rings is 2. The number of carbonyl (C=O) groups is 2. The van der Waals surface area contributed by atoms with Crippen molar-refractivity contribution in [2.24, 2.45) is 0 Å². The fraction of sp³-hybridized carbons (Fsp3) is 0.190. The summed E-state index contributed by atoms with van der Waals surface area (Å²) in [5.74, 6) is -1.14. The molecular weight excluding hydrogens is 378 g/mol. The minimum Gasteiger partial charge on any atom is -0.478 e. The first-order chi connectivity index (χ1) is 13.0. The van der Waals surface area contributed by atoms with Gasteiger partial charge in [-0.05, 0) is 54.3 Å². The van der Waals surface area contributed by atoms with Crippen molar-refractivity contribution in [3.8, 4) is 0 Å². The van der Waals surface area contributed by atoms with E-state index in [0.29, 0.717) is 9.23 Å². The van der Waals surface area contributed by atoms with Crippen LogP contribution in [-0.4, -0.2) is 21.3 Å². The maximum atomic E-state index is 12.8. The summed E-state index contributed by atoms with van der Waals surface area (Å²) < 4.78 is 0.495. The van der Waals surface area contributed by atoms with Gasteiger partial charge in [-0.1, -0.05) is 61.6 Å². The van der Waals surface area contributed by atoms with E-state index >= 15 is 0 Å². The molecule has 1 amide bonds. The summed E-state index contributed by atoms with van der Waals surface area (Å²) in [6.07, 6.45) is 5.06. The van der Waals surface area contributed by atoms with Gasteiger partial charge in [-0.2, -0.15) is 0 Å². The summed E-state index contributed by atoms with van der Waals surface area (Å²) in [4.78, 5) is 25.8. The molecular formula is C21H19NO3S2. The van der Waals surface area contributed by atoms with Crippen molar-refractivity contribution in [2.45, 2.75) is 26.2 Å². The van der Waals surface area contributed by atoms with Gasteiger partial charge in [-0.15, -0.1) is 0 Å². The molecule has 0 spiro atoms. The number of carbonyl (C=O) groups excluding carboxylic acids is 1.